The first-order valence-electron chi connectivity index (χ1n) is 5.67. The van der Waals surface area contributed by atoms with Crippen molar-refractivity contribution in [1.29, 1.82) is 0 Å². The van der Waals surface area contributed by atoms with Gasteiger partial charge in [0.25, 0.3) is 0 Å². The second kappa shape index (κ2) is 4.05. The summed E-state index contributed by atoms with van der Waals surface area (Å²) in [5.74, 6) is -0.519. The summed E-state index contributed by atoms with van der Waals surface area (Å²) in [5.41, 5.74) is 1.44. The molecular weight excluding hydrogens is 250 g/mol. The molecule has 1 N–H and O–H groups in total. The van der Waals surface area contributed by atoms with Crippen molar-refractivity contribution in [2.45, 2.75) is 0 Å². The maximum absolute atomic E-state index is 13.3. The highest BCUT2D eigenvalue weighted by Gasteiger charge is 2.14. The number of aromatic nitrogens is 2. The van der Waals surface area contributed by atoms with E-state index in [0.717, 1.165) is 0 Å². The third kappa shape index (κ3) is 1.83. The van der Waals surface area contributed by atoms with Crippen molar-refractivity contribution >= 4 is 11.0 Å². The summed E-state index contributed by atoms with van der Waals surface area (Å²) in [6, 6.07) is 7.84. The van der Waals surface area contributed by atoms with Gasteiger partial charge >= 0.3 is 0 Å². The van der Waals surface area contributed by atoms with Gasteiger partial charge in [-0.2, -0.15) is 0 Å². The van der Waals surface area contributed by atoms with Crippen LogP contribution in [-0.2, 0) is 7.05 Å². The van der Waals surface area contributed by atoms with Crippen LogP contribution in [0.1, 0.15) is 0 Å². The van der Waals surface area contributed by atoms with Gasteiger partial charge < -0.3 is 9.67 Å². The monoisotopic (exact) mass is 260 g/mol. The van der Waals surface area contributed by atoms with Gasteiger partial charge in [-0.05, 0) is 36.4 Å². The fourth-order valence-electron chi connectivity index (χ4n) is 2.09. The fourth-order valence-corrected chi connectivity index (χ4v) is 2.09. The molecule has 0 radical (unpaired) electrons. The van der Waals surface area contributed by atoms with Crippen LogP contribution in [0.2, 0.25) is 0 Å². The van der Waals surface area contributed by atoms with Gasteiger partial charge in [0.1, 0.15) is 23.2 Å². The van der Waals surface area contributed by atoms with E-state index in [1.165, 1.54) is 30.3 Å². The molecule has 0 amide bonds. The highest BCUT2D eigenvalue weighted by molar-refractivity contribution is 5.81. The molecule has 0 atom stereocenters. The first-order valence-corrected chi connectivity index (χ1v) is 5.67. The van der Waals surface area contributed by atoms with Crippen LogP contribution < -0.4 is 0 Å². The van der Waals surface area contributed by atoms with Crippen LogP contribution in [0.15, 0.2) is 36.4 Å². The predicted molar refractivity (Wildman–Crippen MR) is 67.7 cm³/mol. The number of aryl methyl sites for hydroxylation is 1. The molecule has 0 aliphatic heterocycles. The van der Waals surface area contributed by atoms with Gasteiger partial charge in [-0.15, -0.1) is 0 Å². The molecule has 0 spiro atoms. The van der Waals surface area contributed by atoms with Crippen molar-refractivity contribution in [2.24, 2.45) is 7.05 Å². The Labute approximate surface area is 107 Å². The number of hydrogen-bond acceptors (Lipinski definition) is 2. The number of hydrogen-bond donors (Lipinski definition) is 1. The first kappa shape index (κ1) is 11.6. The number of rotatable bonds is 1. The van der Waals surface area contributed by atoms with Gasteiger partial charge in [-0.3, -0.25) is 0 Å². The Morgan fingerprint density at radius 2 is 1.74 bits per heavy atom. The van der Waals surface area contributed by atoms with Gasteiger partial charge in [0.15, 0.2) is 0 Å². The lowest BCUT2D eigenvalue weighted by molar-refractivity contribution is 0.474. The average molecular weight is 260 g/mol. The molecule has 1 aromatic heterocycles. The lowest BCUT2D eigenvalue weighted by atomic mass is 10.2. The van der Waals surface area contributed by atoms with Crippen molar-refractivity contribution in [2.75, 3.05) is 0 Å². The van der Waals surface area contributed by atoms with Crippen molar-refractivity contribution in [3.8, 4) is 17.1 Å². The Morgan fingerprint density at radius 3 is 2.53 bits per heavy atom. The summed E-state index contributed by atoms with van der Waals surface area (Å²) in [6.07, 6.45) is 0. The molecule has 5 heteroatoms. The molecule has 0 aliphatic carbocycles. The van der Waals surface area contributed by atoms with Crippen LogP contribution in [0.3, 0.4) is 0 Å². The van der Waals surface area contributed by atoms with E-state index in [2.05, 4.69) is 4.98 Å². The summed E-state index contributed by atoms with van der Waals surface area (Å²) in [4.78, 5) is 4.30. The Balaban J connectivity index is 2.31. The standard InChI is InChI=1S/C14H10F2N2O/c1-18-12-7-9(16)2-4-11(12)17-14(18)10-6-8(15)3-5-13(10)19/h2-7,19H,1H3. The third-order valence-electron chi connectivity index (χ3n) is 3.04. The molecule has 0 unspecified atom stereocenters. The molecule has 2 aromatic carbocycles. The summed E-state index contributed by atoms with van der Waals surface area (Å²) >= 11 is 0. The minimum absolute atomic E-state index is 0.0692. The van der Waals surface area contributed by atoms with Crippen LogP contribution in [-0.4, -0.2) is 14.7 Å². The molecule has 0 saturated heterocycles. The molecule has 3 aromatic rings. The third-order valence-corrected chi connectivity index (χ3v) is 3.04. The van der Waals surface area contributed by atoms with Crippen molar-refractivity contribution in [3.63, 3.8) is 0 Å². The van der Waals surface area contributed by atoms with Gasteiger partial charge in [0.2, 0.25) is 0 Å². The van der Waals surface area contributed by atoms with Crippen molar-refractivity contribution < 1.29 is 13.9 Å². The maximum atomic E-state index is 13.3. The van der Waals surface area contributed by atoms with Crippen LogP contribution in [0.25, 0.3) is 22.4 Å². The summed E-state index contributed by atoms with van der Waals surface area (Å²) in [6.45, 7) is 0. The number of phenolic OH excluding ortho intramolecular Hbond substituents is 1. The highest BCUT2D eigenvalue weighted by Crippen LogP contribution is 2.31. The molecule has 3 rings (SSSR count). The van der Waals surface area contributed by atoms with Crippen molar-refractivity contribution in [1.82, 2.24) is 9.55 Å². The highest BCUT2D eigenvalue weighted by atomic mass is 19.1. The van der Waals surface area contributed by atoms with Crippen LogP contribution in [0.4, 0.5) is 8.78 Å². The van der Waals surface area contributed by atoms with Gasteiger partial charge in [0.05, 0.1) is 16.6 Å². The molecule has 0 saturated carbocycles. The Hall–Kier alpha value is -2.43. The smallest absolute Gasteiger partial charge is 0.144 e. The molecule has 96 valence electrons. The van der Waals surface area contributed by atoms with Gasteiger partial charge in [0, 0.05) is 7.05 Å². The molecule has 0 fully saturated rings. The number of aromatic hydroxyl groups is 1. The molecule has 0 bridgehead atoms. The SMILES string of the molecule is Cn1c(-c2cc(F)ccc2O)nc2ccc(F)cc21. The molecule has 0 aliphatic rings. The molecule has 3 nitrogen and oxygen atoms in total. The average Bonchev–Trinajstić information content (AvgIpc) is 2.70. The number of phenols is 1. The van der Waals surface area contributed by atoms with E-state index < -0.39 is 5.82 Å². The number of imidazole rings is 1. The zero-order valence-electron chi connectivity index (χ0n) is 10.1. The van der Waals surface area contributed by atoms with Crippen LogP contribution in [0, 0.1) is 11.6 Å². The summed E-state index contributed by atoms with van der Waals surface area (Å²) < 4.78 is 28.1. The van der Waals surface area contributed by atoms with Crippen molar-refractivity contribution in [3.05, 3.63) is 48.0 Å². The van der Waals surface area contributed by atoms with Crippen LogP contribution in [0.5, 0.6) is 5.75 Å². The molecule has 1 heterocycles. The number of halogens is 2. The van der Waals surface area contributed by atoms with E-state index in [0.29, 0.717) is 16.9 Å². The Bertz CT molecular complexity index is 780. The van der Waals surface area contributed by atoms with E-state index in [4.69, 9.17) is 0 Å². The Morgan fingerprint density at radius 1 is 1.05 bits per heavy atom. The summed E-state index contributed by atoms with van der Waals surface area (Å²) in [7, 11) is 1.69. The minimum Gasteiger partial charge on any atom is -0.507 e. The topological polar surface area (TPSA) is 38.0 Å². The number of fused-ring (bicyclic) bond motifs is 1. The van der Waals surface area contributed by atoms with E-state index in [-0.39, 0.29) is 17.1 Å². The predicted octanol–water partition coefficient (Wildman–Crippen LogP) is 3.22. The second-order valence-electron chi connectivity index (χ2n) is 4.29. The van der Waals surface area contributed by atoms with E-state index >= 15 is 0 Å². The zero-order valence-corrected chi connectivity index (χ0v) is 10.1. The fraction of sp³-hybridized carbons (Fsp3) is 0.0714. The Kier molecular flexibility index (Phi) is 2.48. The maximum Gasteiger partial charge on any atom is 0.144 e. The largest absolute Gasteiger partial charge is 0.507 e. The quantitative estimate of drug-likeness (QED) is 0.729. The van der Waals surface area contributed by atoms with E-state index in [1.54, 1.807) is 17.7 Å². The lowest BCUT2D eigenvalue weighted by Crippen LogP contribution is -1.93. The number of benzene rings is 2. The van der Waals surface area contributed by atoms with E-state index in [1.807, 2.05) is 0 Å². The normalized spacial score (nSPS) is 11.1. The second-order valence-corrected chi connectivity index (χ2v) is 4.29. The number of nitrogens with zero attached hydrogens (tertiary/aromatic N) is 2. The van der Waals surface area contributed by atoms with Gasteiger partial charge in [-0.1, -0.05) is 0 Å². The lowest BCUT2D eigenvalue weighted by Gasteiger charge is -2.05. The minimum atomic E-state index is -0.467. The van der Waals surface area contributed by atoms with Crippen LogP contribution >= 0.6 is 0 Å². The van der Waals surface area contributed by atoms with Gasteiger partial charge in [-0.25, -0.2) is 13.8 Å². The first-order chi connectivity index (χ1) is 9.06. The molecule has 19 heavy (non-hydrogen) atoms. The zero-order chi connectivity index (χ0) is 13.6. The van der Waals surface area contributed by atoms with E-state index in [9.17, 15) is 13.9 Å². The summed E-state index contributed by atoms with van der Waals surface area (Å²) in [5, 5.41) is 9.80. The molecular formula is C14H10F2N2O.